The molecule has 30 heavy (non-hydrogen) atoms. The van der Waals surface area contributed by atoms with Gasteiger partial charge in [-0.1, -0.05) is 42.5 Å². The van der Waals surface area contributed by atoms with Gasteiger partial charge >= 0.3 is 6.03 Å². The lowest BCUT2D eigenvalue weighted by Crippen LogP contribution is -2.57. The Morgan fingerprint density at radius 3 is 2.50 bits per heavy atom. The lowest BCUT2D eigenvalue weighted by molar-refractivity contribution is 0.104. The zero-order chi connectivity index (χ0) is 20.8. The Hall–Kier alpha value is -2.73. The molecular weight excluding hydrogens is 376 g/mol. The van der Waals surface area contributed by atoms with Crippen molar-refractivity contribution >= 4 is 11.7 Å². The first-order valence-corrected chi connectivity index (χ1v) is 10.9. The maximum absolute atomic E-state index is 12.7. The summed E-state index contributed by atoms with van der Waals surface area (Å²) in [5.74, 6) is 0.935. The molecule has 2 aromatic carbocycles. The van der Waals surface area contributed by atoms with Gasteiger partial charge in [0.1, 0.15) is 5.75 Å². The van der Waals surface area contributed by atoms with Gasteiger partial charge in [0.15, 0.2) is 0 Å². The van der Waals surface area contributed by atoms with Crippen molar-refractivity contribution < 1.29 is 9.53 Å². The van der Waals surface area contributed by atoms with Crippen molar-refractivity contribution in [3.05, 3.63) is 60.2 Å². The molecule has 1 unspecified atom stereocenters. The van der Waals surface area contributed by atoms with E-state index in [4.69, 9.17) is 4.74 Å². The summed E-state index contributed by atoms with van der Waals surface area (Å²) in [5.41, 5.74) is 2.30. The lowest BCUT2D eigenvalue weighted by Gasteiger charge is -2.44. The van der Waals surface area contributed by atoms with Crippen molar-refractivity contribution in [3.63, 3.8) is 0 Å². The number of likely N-dealkylation sites (tertiary alicyclic amines) is 1. The number of urea groups is 1. The van der Waals surface area contributed by atoms with Crippen LogP contribution in [0.2, 0.25) is 0 Å². The van der Waals surface area contributed by atoms with E-state index in [2.05, 4.69) is 27.2 Å². The molecule has 2 aromatic rings. The molecule has 0 radical (unpaired) electrons. The number of para-hydroxylation sites is 2. The highest BCUT2D eigenvalue weighted by molar-refractivity contribution is 5.74. The van der Waals surface area contributed by atoms with Gasteiger partial charge in [0.2, 0.25) is 0 Å². The van der Waals surface area contributed by atoms with Gasteiger partial charge in [0.25, 0.3) is 0 Å². The number of rotatable bonds is 5. The molecule has 6 heteroatoms. The lowest BCUT2D eigenvalue weighted by atomic mass is 10.0. The van der Waals surface area contributed by atoms with Crippen LogP contribution in [0.15, 0.2) is 54.6 Å². The Morgan fingerprint density at radius 2 is 1.73 bits per heavy atom. The fourth-order valence-corrected chi connectivity index (χ4v) is 4.54. The molecule has 2 aliphatic heterocycles. The van der Waals surface area contributed by atoms with Crippen LogP contribution < -0.4 is 15.0 Å². The van der Waals surface area contributed by atoms with E-state index in [-0.39, 0.29) is 6.03 Å². The zero-order valence-corrected chi connectivity index (χ0v) is 17.8. The number of hydrogen-bond acceptors (Lipinski definition) is 4. The number of carbonyl (C=O) groups excluding carboxylic acids is 1. The number of benzene rings is 2. The van der Waals surface area contributed by atoms with E-state index in [1.54, 1.807) is 7.11 Å². The van der Waals surface area contributed by atoms with Gasteiger partial charge in [-0.3, -0.25) is 4.90 Å². The average Bonchev–Trinajstić information content (AvgIpc) is 2.83. The van der Waals surface area contributed by atoms with Gasteiger partial charge < -0.3 is 19.9 Å². The molecule has 0 spiro atoms. The third-order valence-corrected chi connectivity index (χ3v) is 6.23. The fourth-order valence-electron chi connectivity index (χ4n) is 4.54. The van der Waals surface area contributed by atoms with E-state index < -0.39 is 0 Å². The van der Waals surface area contributed by atoms with Crippen molar-refractivity contribution in [1.29, 1.82) is 0 Å². The topological polar surface area (TPSA) is 48.1 Å². The van der Waals surface area contributed by atoms with E-state index in [1.165, 1.54) is 5.69 Å². The van der Waals surface area contributed by atoms with Crippen LogP contribution in [0.5, 0.6) is 5.75 Å². The molecular formula is C24H32N4O2. The summed E-state index contributed by atoms with van der Waals surface area (Å²) in [6.45, 7) is 6.24. The highest BCUT2D eigenvalue weighted by Crippen LogP contribution is 2.29. The number of nitrogens with one attached hydrogen (secondary N) is 1. The number of ether oxygens (including phenoxy) is 1. The Kier molecular flexibility index (Phi) is 6.74. The maximum Gasteiger partial charge on any atom is 0.317 e. The molecule has 6 nitrogen and oxygen atoms in total. The first-order valence-electron chi connectivity index (χ1n) is 10.9. The molecule has 0 saturated carbocycles. The summed E-state index contributed by atoms with van der Waals surface area (Å²) in [6.07, 6.45) is 2.23. The van der Waals surface area contributed by atoms with Crippen molar-refractivity contribution in [1.82, 2.24) is 15.1 Å². The van der Waals surface area contributed by atoms with Crippen molar-refractivity contribution in [2.45, 2.75) is 25.4 Å². The van der Waals surface area contributed by atoms with Crippen LogP contribution in [0, 0.1) is 0 Å². The first-order chi connectivity index (χ1) is 14.7. The summed E-state index contributed by atoms with van der Waals surface area (Å²) >= 11 is 0. The number of anilines is 1. The number of nitrogens with zero attached hydrogens (tertiary/aromatic N) is 3. The van der Waals surface area contributed by atoms with Crippen LogP contribution in [-0.2, 0) is 6.54 Å². The van der Waals surface area contributed by atoms with Crippen molar-refractivity contribution in [3.8, 4) is 5.75 Å². The van der Waals surface area contributed by atoms with Gasteiger partial charge in [-0.2, -0.15) is 0 Å². The molecule has 0 aliphatic carbocycles. The number of carbonyl (C=O) groups is 1. The minimum Gasteiger partial charge on any atom is -0.495 e. The summed E-state index contributed by atoms with van der Waals surface area (Å²) < 4.78 is 5.53. The summed E-state index contributed by atoms with van der Waals surface area (Å²) in [4.78, 5) is 19.6. The number of hydrogen-bond donors (Lipinski definition) is 1. The third kappa shape index (κ3) is 4.87. The highest BCUT2D eigenvalue weighted by atomic mass is 16.5. The quantitative estimate of drug-likeness (QED) is 0.826. The number of amides is 2. The first kappa shape index (κ1) is 20.5. The largest absolute Gasteiger partial charge is 0.495 e. The van der Waals surface area contributed by atoms with Gasteiger partial charge in [0, 0.05) is 51.9 Å². The maximum atomic E-state index is 12.7. The van der Waals surface area contributed by atoms with Crippen molar-refractivity contribution in [2.75, 3.05) is 51.3 Å². The second-order valence-electron chi connectivity index (χ2n) is 8.08. The van der Waals surface area contributed by atoms with Crippen molar-refractivity contribution in [2.24, 2.45) is 0 Å². The third-order valence-electron chi connectivity index (χ3n) is 6.23. The van der Waals surface area contributed by atoms with E-state index >= 15 is 0 Å². The number of piperazine rings is 1. The predicted molar refractivity (Wildman–Crippen MR) is 120 cm³/mol. The molecule has 2 saturated heterocycles. The number of methoxy groups -OCH3 is 1. The molecule has 4 rings (SSSR count). The second kappa shape index (κ2) is 9.85. The molecule has 0 bridgehead atoms. The zero-order valence-electron chi connectivity index (χ0n) is 17.8. The Morgan fingerprint density at radius 1 is 1.00 bits per heavy atom. The van der Waals surface area contributed by atoms with Crippen LogP contribution in [0.4, 0.5) is 10.5 Å². The molecule has 2 heterocycles. The smallest absolute Gasteiger partial charge is 0.317 e. The normalized spacial score (nSPS) is 20.1. The van der Waals surface area contributed by atoms with E-state index in [9.17, 15) is 4.79 Å². The minimum atomic E-state index is 0.0520. The van der Waals surface area contributed by atoms with Gasteiger partial charge in [0.05, 0.1) is 12.8 Å². The SMILES string of the molecule is COc1ccccc1N1CCN(C2CCCN(C(=O)NCc3ccccc3)C2)CC1. The fraction of sp³-hybridized carbons (Fsp3) is 0.458. The Labute approximate surface area is 179 Å². The van der Waals surface area contributed by atoms with Crippen LogP contribution in [-0.4, -0.2) is 68.3 Å². The second-order valence-corrected chi connectivity index (χ2v) is 8.08. The van der Waals surface area contributed by atoms with Gasteiger partial charge in [-0.15, -0.1) is 0 Å². The standard InChI is InChI=1S/C24H32N4O2/c1-30-23-12-6-5-11-22(23)27-16-14-26(15-17-27)21-10-7-13-28(19-21)24(29)25-18-20-8-3-2-4-9-20/h2-6,8-9,11-12,21H,7,10,13-19H2,1H3,(H,25,29). The van der Waals surface area contributed by atoms with Gasteiger partial charge in [-0.25, -0.2) is 4.79 Å². The van der Waals surface area contributed by atoms with Gasteiger partial charge in [-0.05, 0) is 30.5 Å². The molecule has 2 fully saturated rings. The van der Waals surface area contributed by atoms with Crippen LogP contribution in [0.25, 0.3) is 0 Å². The molecule has 1 N–H and O–H groups in total. The molecule has 160 valence electrons. The summed E-state index contributed by atoms with van der Waals surface area (Å²) in [5, 5.41) is 3.08. The average molecular weight is 409 g/mol. The highest BCUT2D eigenvalue weighted by Gasteiger charge is 2.30. The van der Waals surface area contributed by atoms with E-state index in [0.29, 0.717) is 12.6 Å². The minimum absolute atomic E-state index is 0.0520. The van der Waals surface area contributed by atoms with E-state index in [0.717, 1.165) is 63.4 Å². The molecule has 2 aliphatic rings. The number of piperidine rings is 1. The monoisotopic (exact) mass is 408 g/mol. The molecule has 0 aromatic heterocycles. The van der Waals surface area contributed by atoms with E-state index in [1.807, 2.05) is 47.4 Å². The van der Waals surface area contributed by atoms with Crippen LogP contribution in [0.1, 0.15) is 18.4 Å². The van der Waals surface area contributed by atoms with Crippen LogP contribution in [0.3, 0.4) is 0 Å². The molecule has 2 amide bonds. The molecule has 1 atom stereocenters. The predicted octanol–water partition coefficient (Wildman–Crippen LogP) is 3.19. The summed E-state index contributed by atoms with van der Waals surface area (Å²) in [6, 6.07) is 18.8. The Bertz CT molecular complexity index is 821. The van der Waals surface area contributed by atoms with Crippen LogP contribution >= 0.6 is 0 Å². The summed E-state index contributed by atoms with van der Waals surface area (Å²) in [7, 11) is 1.73. The Balaban J connectivity index is 1.28.